The molecule has 0 amide bonds. The van der Waals surface area contributed by atoms with E-state index < -0.39 is 0 Å². The lowest BCUT2D eigenvalue weighted by atomic mass is 10.8. The van der Waals surface area contributed by atoms with Crippen LogP contribution >= 0.6 is 0 Å². The summed E-state index contributed by atoms with van der Waals surface area (Å²) >= 11 is 0. The Morgan fingerprint density at radius 1 is 1.75 bits per heavy atom. The number of quaternary nitrogens is 1. The number of alkyl halides is 1. The van der Waals surface area contributed by atoms with Gasteiger partial charge < -0.3 is 5.73 Å². The van der Waals surface area contributed by atoms with E-state index >= 15 is 0 Å². The molecule has 26 valence electrons. The first-order chi connectivity index (χ1) is 1.91. The zero-order chi connectivity index (χ0) is 3.41. The summed E-state index contributed by atoms with van der Waals surface area (Å²) in [5.41, 5.74) is 3.23. The van der Waals surface area contributed by atoms with Gasteiger partial charge in [-0.3, -0.25) is 0 Å². The monoisotopic (exact) mass is 64.1 g/mol. The Morgan fingerprint density at radius 3 is 2.00 bits per heavy atom. The summed E-state index contributed by atoms with van der Waals surface area (Å²) in [4.78, 5) is 0. The molecule has 0 aliphatic heterocycles. The van der Waals surface area contributed by atoms with Gasteiger partial charge in [0.15, 0.2) is 0 Å². The Kier molecular flexibility index (Phi) is 2.81. The Labute approximate surface area is 24.6 Å². The lowest BCUT2D eigenvalue weighted by Crippen LogP contribution is -2.51. The summed E-state index contributed by atoms with van der Waals surface area (Å²) in [6.45, 7) is 0.111. The van der Waals surface area contributed by atoms with E-state index in [1.807, 2.05) is 0 Å². The van der Waals surface area contributed by atoms with E-state index in [2.05, 4.69) is 5.73 Å². The van der Waals surface area contributed by atoms with E-state index in [-0.39, 0.29) is 6.67 Å². The lowest BCUT2D eigenvalue weighted by Gasteiger charge is -1.63. The first-order valence-corrected chi connectivity index (χ1v) is 1.27. The fraction of sp³-hybridized carbons (Fsp3) is 1.00. The molecule has 1 nitrogen and oxygen atoms in total. The van der Waals surface area contributed by atoms with E-state index in [1.54, 1.807) is 0 Å². The summed E-state index contributed by atoms with van der Waals surface area (Å²) in [6, 6.07) is 0. The molecular weight excluding hydrogens is 57.0 g/mol. The molecule has 0 atom stereocenters. The fourth-order valence-electron chi connectivity index (χ4n) is 0. The molecule has 0 bridgehead atoms. The topological polar surface area (TPSA) is 27.6 Å². The van der Waals surface area contributed by atoms with Crippen molar-refractivity contribution in [2.75, 3.05) is 13.2 Å². The van der Waals surface area contributed by atoms with Crippen molar-refractivity contribution in [2.24, 2.45) is 0 Å². The minimum atomic E-state index is -0.292. The summed E-state index contributed by atoms with van der Waals surface area (Å²) in [7, 11) is 0. The van der Waals surface area contributed by atoms with Crippen LogP contribution in [-0.4, -0.2) is 13.2 Å². The highest BCUT2D eigenvalue weighted by Crippen LogP contribution is 1.47. The quantitative estimate of drug-likeness (QED) is 0.413. The normalized spacial score (nSPS) is 7.50. The van der Waals surface area contributed by atoms with Crippen LogP contribution in [0.4, 0.5) is 4.39 Å². The van der Waals surface area contributed by atoms with Crippen LogP contribution in [0.15, 0.2) is 0 Å². The maximum absolute atomic E-state index is 10.7. The number of hydrogen-bond acceptors (Lipinski definition) is 0. The van der Waals surface area contributed by atoms with Crippen LogP contribution in [0.2, 0.25) is 0 Å². The molecule has 0 unspecified atom stereocenters. The van der Waals surface area contributed by atoms with Crippen molar-refractivity contribution < 1.29 is 10.1 Å². The Bertz CT molecular complexity index is 8.00. The molecule has 2 heteroatoms. The Hall–Kier alpha value is -0.110. The second kappa shape index (κ2) is 2.89. The SMILES string of the molecule is [NH3+]CCF. The van der Waals surface area contributed by atoms with Gasteiger partial charge in [0.1, 0.15) is 13.2 Å². The summed E-state index contributed by atoms with van der Waals surface area (Å²) in [5, 5.41) is 0. The Balaban J connectivity index is 1.97. The second-order valence-electron chi connectivity index (χ2n) is 0.543. The van der Waals surface area contributed by atoms with Gasteiger partial charge in [0.05, 0.1) is 0 Å². The maximum Gasteiger partial charge on any atom is 0.138 e. The molecule has 0 aromatic rings. The van der Waals surface area contributed by atoms with Crippen LogP contribution in [0.25, 0.3) is 0 Å². The molecule has 0 saturated heterocycles. The maximum atomic E-state index is 10.7. The highest BCUT2D eigenvalue weighted by atomic mass is 19.1. The van der Waals surface area contributed by atoms with E-state index in [9.17, 15) is 4.39 Å². The van der Waals surface area contributed by atoms with Crippen LogP contribution < -0.4 is 5.73 Å². The first kappa shape index (κ1) is 3.89. The molecule has 0 radical (unpaired) electrons. The third-order valence-electron chi connectivity index (χ3n) is 0.134. The van der Waals surface area contributed by atoms with Crippen molar-refractivity contribution in [3.8, 4) is 0 Å². The standard InChI is InChI=1S/C2H6FN/c3-1-2-4/h1-2,4H2/p+1. The van der Waals surface area contributed by atoms with Crippen molar-refractivity contribution in [2.45, 2.75) is 0 Å². The minimum Gasteiger partial charge on any atom is -0.355 e. The third kappa shape index (κ3) is 1.89. The van der Waals surface area contributed by atoms with Gasteiger partial charge in [-0.05, 0) is 0 Å². The van der Waals surface area contributed by atoms with E-state index in [1.165, 1.54) is 0 Å². The van der Waals surface area contributed by atoms with Crippen LogP contribution in [-0.2, 0) is 0 Å². The zero-order valence-electron chi connectivity index (χ0n) is 2.50. The molecule has 0 aromatic heterocycles. The number of hydrogen-bond donors (Lipinski definition) is 1. The van der Waals surface area contributed by atoms with Crippen LogP contribution in [0.1, 0.15) is 0 Å². The molecule has 0 heterocycles. The molecule has 0 aliphatic rings. The average Bonchev–Trinajstić information content (AvgIpc) is 1.37. The second-order valence-corrected chi connectivity index (χ2v) is 0.543. The van der Waals surface area contributed by atoms with Gasteiger partial charge in [-0.1, -0.05) is 0 Å². The third-order valence-corrected chi connectivity index (χ3v) is 0.134. The average molecular weight is 64.1 g/mol. The van der Waals surface area contributed by atoms with Crippen molar-refractivity contribution >= 4 is 0 Å². The van der Waals surface area contributed by atoms with Gasteiger partial charge in [-0.15, -0.1) is 0 Å². The number of rotatable bonds is 1. The van der Waals surface area contributed by atoms with Gasteiger partial charge in [0.2, 0.25) is 0 Å². The minimum absolute atomic E-state index is 0.292. The summed E-state index contributed by atoms with van der Waals surface area (Å²) < 4.78 is 10.7. The molecule has 0 aliphatic carbocycles. The van der Waals surface area contributed by atoms with Crippen molar-refractivity contribution in [1.29, 1.82) is 0 Å². The van der Waals surface area contributed by atoms with E-state index in [4.69, 9.17) is 0 Å². The molecule has 0 spiro atoms. The van der Waals surface area contributed by atoms with Gasteiger partial charge in [-0.2, -0.15) is 0 Å². The van der Waals surface area contributed by atoms with Crippen molar-refractivity contribution in [3.05, 3.63) is 0 Å². The highest BCUT2D eigenvalue weighted by Gasteiger charge is 1.64. The van der Waals surface area contributed by atoms with Gasteiger partial charge in [-0.25, -0.2) is 4.39 Å². The first-order valence-electron chi connectivity index (χ1n) is 1.27. The smallest absolute Gasteiger partial charge is 0.138 e. The lowest BCUT2D eigenvalue weighted by molar-refractivity contribution is -0.369. The van der Waals surface area contributed by atoms with Crippen molar-refractivity contribution in [3.63, 3.8) is 0 Å². The summed E-state index contributed by atoms with van der Waals surface area (Å²) in [6.07, 6.45) is 0. The molecule has 0 aromatic carbocycles. The fourth-order valence-corrected chi connectivity index (χ4v) is 0. The molecule has 4 heavy (non-hydrogen) atoms. The van der Waals surface area contributed by atoms with Gasteiger partial charge in [0.25, 0.3) is 0 Å². The van der Waals surface area contributed by atoms with Gasteiger partial charge in [0, 0.05) is 0 Å². The van der Waals surface area contributed by atoms with Crippen LogP contribution in [0.5, 0.6) is 0 Å². The van der Waals surface area contributed by atoms with Gasteiger partial charge >= 0.3 is 0 Å². The predicted octanol–water partition coefficient (Wildman–Crippen LogP) is -0.802. The number of halogens is 1. The molecule has 0 saturated carbocycles. The largest absolute Gasteiger partial charge is 0.355 e. The highest BCUT2D eigenvalue weighted by molar-refractivity contribution is 4.05. The zero-order valence-corrected chi connectivity index (χ0v) is 2.50. The van der Waals surface area contributed by atoms with E-state index in [0.717, 1.165) is 0 Å². The molecule has 0 fully saturated rings. The van der Waals surface area contributed by atoms with Crippen LogP contribution in [0, 0.1) is 0 Å². The van der Waals surface area contributed by atoms with E-state index in [0.29, 0.717) is 6.54 Å². The van der Waals surface area contributed by atoms with Crippen LogP contribution in [0.3, 0.4) is 0 Å². The summed E-state index contributed by atoms with van der Waals surface area (Å²) in [5.74, 6) is 0. The molecular formula is C2H7FN+. The predicted molar refractivity (Wildman–Crippen MR) is 13.7 cm³/mol. The molecule has 0 rings (SSSR count). The molecule has 3 N–H and O–H groups in total. The Morgan fingerprint density at radius 2 is 2.00 bits per heavy atom. The van der Waals surface area contributed by atoms with Crippen molar-refractivity contribution in [1.82, 2.24) is 0 Å².